The fourth-order valence-corrected chi connectivity index (χ4v) is 4.24. The maximum atomic E-state index is 13.3. The molecule has 1 nitrogen and oxygen atoms in total. The van der Waals surface area contributed by atoms with Gasteiger partial charge in [-0.25, -0.2) is 4.39 Å². The van der Waals surface area contributed by atoms with Gasteiger partial charge in [0.05, 0.1) is 5.92 Å². The van der Waals surface area contributed by atoms with Gasteiger partial charge in [0, 0.05) is 21.5 Å². The van der Waals surface area contributed by atoms with Crippen molar-refractivity contribution in [3.63, 3.8) is 0 Å². The number of fused-ring (bicyclic) bond motifs is 1. The second-order valence-electron chi connectivity index (χ2n) is 4.82. The molecule has 102 valence electrons. The second-order valence-corrected chi connectivity index (χ2v) is 6.80. The van der Waals surface area contributed by atoms with E-state index in [9.17, 15) is 9.18 Å². The number of hydrogen-bond donors (Lipinski definition) is 0. The summed E-state index contributed by atoms with van der Waals surface area (Å²) >= 11 is 4.97. The summed E-state index contributed by atoms with van der Waals surface area (Å²) in [7, 11) is 0. The van der Waals surface area contributed by atoms with Crippen LogP contribution in [0.1, 0.15) is 17.0 Å². The van der Waals surface area contributed by atoms with Crippen LogP contribution < -0.4 is 0 Å². The van der Waals surface area contributed by atoms with Gasteiger partial charge in [-0.05, 0) is 35.4 Å². The molecule has 3 rings (SSSR count). The average molecular weight is 351 g/mol. The van der Waals surface area contributed by atoms with E-state index in [1.54, 1.807) is 17.8 Å². The van der Waals surface area contributed by atoms with Crippen molar-refractivity contribution in [1.29, 1.82) is 0 Å². The SMILES string of the molecule is O=C(Cc1cc(F)cc(Br)c1)C1CSc2ccccc21. The molecule has 0 saturated heterocycles. The van der Waals surface area contributed by atoms with Crippen LogP contribution in [0, 0.1) is 5.82 Å². The molecule has 0 aliphatic carbocycles. The molecule has 20 heavy (non-hydrogen) atoms. The molecule has 0 bridgehead atoms. The molecule has 0 fully saturated rings. The molecule has 1 unspecified atom stereocenters. The Morgan fingerprint density at radius 3 is 2.90 bits per heavy atom. The topological polar surface area (TPSA) is 17.1 Å². The zero-order valence-corrected chi connectivity index (χ0v) is 13.0. The van der Waals surface area contributed by atoms with Gasteiger partial charge in [0.2, 0.25) is 0 Å². The van der Waals surface area contributed by atoms with E-state index in [1.807, 2.05) is 24.3 Å². The molecule has 1 heterocycles. The van der Waals surface area contributed by atoms with E-state index in [1.165, 1.54) is 17.0 Å². The number of hydrogen-bond acceptors (Lipinski definition) is 2. The summed E-state index contributed by atoms with van der Waals surface area (Å²) < 4.78 is 14.0. The number of Topliss-reactive ketones (excluding diaryl/α,β-unsaturated/α-hetero) is 1. The van der Waals surface area contributed by atoms with Crippen LogP contribution in [0.2, 0.25) is 0 Å². The van der Waals surface area contributed by atoms with E-state index in [0.29, 0.717) is 4.47 Å². The highest BCUT2D eigenvalue weighted by Gasteiger charge is 2.28. The molecular formula is C16H12BrFOS. The lowest BCUT2D eigenvalue weighted by molar-refractivity contribution is -0.119. The summed E-state index contributed by atoms with van der Waals surface area (Å²) in [6.45, 7) is 0. The molecule has 0 amide bonds. The van der Waals surface area contributed by atoms with Crippen molar-refractivity contribution >= 4 is 33.5 Å². The minimum Gasteiger partial charge on any atom is -0.299 e. The predicted octanol–water partition coefficient (Wildman–Crippen LogP) is 4.59. The standard InChI is InChI=1S/C16H12BrFOS/c17-11-5-10(6-12(18)8-11)7-15(19)14-9-20-16-4-2-1-3-13(14)16/h1-6,8,14H,7,9H2. The summed E-state index contributed by atoms with van der Waals surface area (Å²) in [5.74, 6) is 0.552. The molecule has 0 aromatic heterocycles. The minimum atomic E-state index is -0.316. The highest BCUT2D eigenvalue weighted by atomic mass is 79.9. The number of carbonyl (C=O) groups excluding carboxylic acids is 1. The highest BCUT2D eigenvalue weighted by Crippen LogP contribution is 2.40. The first-order valence-corrected chi connectivity index (χ1v) is 8.11. The maximum absolute atomic E-state index is 13.3. The van der Waals surface area contributed by atoms with Gasteiger partial charge in [-0.15, -0.1) is 11.8 Å². The van der Waals surface area contributed by atoms with Crippen LogP contribution in [0.15, 0.2) is 51.8 Å². The molecule has 0 radical (unpaired) electrons. The minimum absolute atomic E-state index is 0.0711. The van der Waals surface area contributed by atoms with Crippen LogP contribution >= 0.6 is 27.7 Å². The predicted molar refractivity (Wildman–Crippen MR) is 82.7 cm³/mol. The number of ketones is 1. The Balaban J connectivity index is 1.81. The Morgan fingerprint density at radius 1 is 1.30 bits per heavy atom. The summed E-state index contributed by atoms with van der Waals surface area (Å²) in [5, 5.41) is 0. The Kier molecular flexibility index (Phi) is 3.94. The molecule has 2 aromatic rings. The quantitative estimate of drug-likeness (QED) is 0.805. The van der Waals surface area contributed by atoms with E-state index < -0.39 is 0 Å². The third-order valence-corrected chi connectivity index (χ3v) is 5.03. The molecule has 0 saturated carbocycles. The average Bonchev–Trinajstić information content (AvgIpc) is 2.81. The van der Waals surface area contributed by atoms with Crippen LogP contribution in [0.4, 0.5) is 4.39 Å². The van der Waals surface area contributed by atoms with Gasteiger partial charge in [0.25, 0.3) is 0 Å². The van der Waals surface area contributed by atoms with Crippen molar-refractivity contribution in [2.45, 2.75) is 17.2 Å². The van der Waals surface area contributed by atoms with Gasteiger partial charge >= 0.3 is 0 Å². The van der Waals surface area contributed by atoms with Crippen LogP contribution in [0.3, 0.4) is 0 Å². The van der Waals surface area contributed by atoms with Gasteiger partial charge in [-0.1, -0.05) is 34.1 Å². The molecule has 1 aliphatic rings. The number of halogens is 2. The van der Waals surface area contributed by atoms with Crippen molar-refractivity contribution in [2.24, 2.45) is 0 Å². The summed E-state index contributed by atoms with van der Waals surface area (Å²) in [6, 6.07) is 12.6. The van der Waals surface area contributed by atoms with Crippen LogP contribution in [0.25, 0.3) is 0 Å². The number of rotatable bonds is 3. The van der Waals surface area contributed by atoms with E-state index in [-0.39, 0.29) is 23.9 Å². The molecule has 1 atom stereocenters. The molecule has 0 N–H and O–H groups in total. The Hall–Kier alpha value is -1.13. The molecular weight excluding hydrogens is 339 g/mol. The largest absolute Gasteiger partial charge is 0.299 e. The van der Waals surface area contributed by atoms with Crippen molar-refractivity contribution in [2.75, 3.05) is 5.75 Å². The number of carbonyl (C=O) groups is 1. The van der Waals surface area contributed by atoms with Crippen molar-refractivity contribution in [3.8, 4) is 0 Å². The van der Waals surface area contributed by atoms with Gasteiger partial charge in [0.1, 0.15) is 11.6 Å². The molecule has 1 aliphatic heterocycles. The Bertz CT molecular complexity index is 651. The number of thioether (sulfide) groups is 1. The Morgan fingerprint density at radius 2 is 2.10 bits per heavy atom. The van der Waals surface area contributed by atoms with Crippen molar-refractivity contribution < 1.29 is 9.18 Å². The van der Waals surface area contributed by atoms with E-state index in [2.05, 4.69) is 15.9 Å². The fourth-order valence-electron chi connectivity index (χ4n) is 2.47. The first-order chi connectivity index (χ1) is 9.63. The highest BCUT2D eigenvalue weighted by molar-refractivity contribution is 9.10. The fraction of sp³-hybridized carbons (Fsp3) is 0.188. The van der Waals surface area contributed by atoms with E-state index >= 15 is 0 Å². The van der Waals surface area contributed by atoms with E-state index in [4.69, 9.17) is 0 Å². The van der Waals surface area contributed by atoms with Gasteiger partial charge < -0.3 is 0 Å². The summed E-state index contributed by atoms with van der Waals surface area (Å²) in [6.07, 6.45) is 0.274. The lowest BCUT2D eigenvalue weighted by atomic mass is 9.93. The first-order valence-electron chi connectivity index (χ1n) is 6.33. The van der Waals surface area contributed by atoms with Gasteiger partial charge in [-0.2, -0.15) is 0 Å². The van der Waals surface area contributed by atoms with Crippen molar-refractivity contribution in [3.05, 3.63) is 63.9 Å². The summed E-state index contributed by atoms with van der Waals surface area (Å²) in [4.78, 5) is 13.6. The van der Waals surface area contributed by atoms with E-state index in [0.717, 1.165) is 16.9 Å². The van der Waals surface area contributed by atoms with Gasteiger partial charge in [0.15, 0.2) is 0 Å². The monoisotopic (exact) mass is 350 g/mol. The Labute approximate surface area is 129 Å². The third kappa shape index (κ3) is 2.81. The second kappa shape index (κ2) is 5.70. The zero-order chi connectivity index (χ0) is 14.1. The first kappa shape index (κ1) is 13.8. The van der Waals surface area contributed by atoms with Crippen molar-refractivity contribution in [1.82, 2.24) is 0 Å². The molecule has 0 spiro atoms. The van der Waals surface area contributed by atoms with Crippen LogP contribution in [-0.2, 0) is 11.2 Å². The van der Waals surface area contributed by atoms with Crippen LogP contribution in [0.5, 0.6) is 0 Å². The third-order valence-electron chi connectivity index (χ3n) is 3.39. The lowest BCUT2D eigenvalue weighted by Gasteiger charge is -2.10. The van der Waals surface area contributed by atoms with Gasteiger partial charge in [-0.3, -0.25) is 4.79 Å². The normalized spacial score (nSPS) is 17.0. The molecule has 2 aromatic carbocycles. The van der Waals surface area contributed by atoms with Crippen LogP contribution in [-0.4, -0.2) is 11.5 Å². The number of benzene rings is 2. The maximum Gasteiger partial charge on any atom is 0.145 e. The lowest BCUT2D eigenvalue weighted by Crippen LogP contribution is -2.14. The zero-order valence-electron chi connectivity index (χ0n) is 10.6. The molecule has 4 heteroatoms. The smallest absolute Gasteiger partial charge is 0.145 e. The summed E-state index contributed by atoms with van der Waals surface area (Å²) in [5.41, 5.74) is 1.83.